The van der Waals surface area contributed by atoms with Crippen molar-refractivity contribution in [3.63, 3.8) is 0 Å². The first kappa shape index (κ1) is 16.4. The van der Waals surface area contributed by atoms with Crippen molar-refractivity contribution in [2.45, 2.75) is 24.9 Å². The van der Waals surface area contributed by atoms with Crippen LogP contribution in [0.5, 0.6) is 5.75 Å². The summed E-state index contributed by atoms with van der Waals surface area (Å²) in [6.45, 7) is 0.605. The van der Waals surface area contributed by atoms with Crippen molar-refractivity contribution >= 4 is 5.91 Å². The molecule has 1 heterocycles. The summed E-state index contributed by atoms with van der Waals surface area (Å²) in [5.74, 6) is 5.80. The van der Waals surface area contributed by atoms with Crippen LogP contribution in [0.4, 0.5) is 0 Å². The Balaban J connectivity index is 1.62. The molecule has 2 atom stereocenters. The summed E-state index contributed by atoms with van der Waals surface area (Å²) in [5.41, 5.74) is 10.6. The van der Waals surface area contributed by atoms with E-state index in [0.29, 0.717) is 13.0 Å². The van der Waals surface area contributed by atoms with Crippen LogP contribution in [0.1, 0.15) is 23.6 Å². The first-order valence-electron chi connectivity index (χ1n) is 8.05. The van der Waals surface area contributed by atoms with E-state index in [9.17, 15) is 4.79 Å². The normalized spacial score (nSPS) is 19.9. The Morgan fingerprint density at radius 2 is 1.88 bits per heavy atom. The maximum Gasteiger partial charge on any atom is 0.252 e. The highest BCUT2D eigenvalue weighted by Gasteiger charge is 2.31. The van der Waals surface area contributed by atoms with E-state index in [4.69, 9.17) is 10.6 Å². The first-order valence-corrected chi connectivity index (χ1v) is 8.05. The number of rotatable bonds is 6. The molecule has 6 nitrogen and oxygen atoms in total. The largest absolute Gasteiger partial charge is 0.493 e. The van der Waals surface area contributed by atoms with Crippen LogP contribution in [-0.4, -0.2) is 18.6 Å². The van der Waals surface area contributed by atoms with Gasteiger partial charge in [0.2, 0.25) is 0 Å². The predicted octanol–water partition coefficient (Wildman–Crippen LogP) is 1.21. The summed E-state index contributed by atoms with van der Waals surface area (Å²) < 4.78 is 5.98. The van der Waals surface area contributed by atoms with E-state index in [0.717, 1.165) is 17.7 Å². The zero-order valence-electron chi connectivity index (χ0n) is 13.4. The Morgan fingerprint density at radius 1 is 1.12 bits per heavy atom. The predicted molar refractivity (Wildman–Crippen MR) is 91.8 cm³/mol. The smallest absolute Gasteiger partial charge is 0.252 e. The molecule has 1 fully saturated rings. The number of hydrazine groups is 2. The van der Waals surface area contributed by atoms with E-state index in [2.05, 4.69) is 28.4 Å². The van der Waals surface area contributed by atoms with Gasteiger partial charge in [0, 0.05) is 12.0 Å². The van der Waals surface area contributed by atoms with Crippen molar-refractivity contribution in [1.29, 1.82) is 0 Å². The number of nitrogens with two attached hydrogens (primary N) is 1. The topological polar surface area (TPSA) is 88.4 Å². The molecule has 0 radical (unpaired) electrons. The summed E-state index contributed by atoms with van der Waals surface area (Å²) in [4.78, 5) is 11.6. The molecule has 0 aromatic heterocycles. The summed E-state index contributed by atoms with van der Waals surface area (Å²) in [5, 5.41) is 0. The van der Waals surface area contributed by atoms with Gasteiger partial charge in [0.25, 0.3) is 5.91 Å². The fraction of sp³-hybridized carbons (Fsp3) is 0.278. The standard InChI is InChI=1S/C18H22N4O2/c19-20-18(23)16-12-15(21-22-16)14-8-4-5-9-17(14)24-11-10-13-6-2-1-3-7-13/h1-9,15-16,21-22H,10-12,19H2,(H,20,23). The summed E-state index contributed by atoms with van der Waals surface area (Å²) in [6, 6.07) is 17.8. The lowest BCUT2D eigenvalue weighted by molar-refractivity contribution is -0.122. The Morgan fingerprint density at radius 3 is 2.67 bits per heavy atom. The van der Waals surface area contributed by atoms with Crippen LogP contribution >= 0.6 is 0 Å². The van der Waals surface area contributed by atoms with Crippen LogP contribution in [0.15, 0.2) is 54.6 Å². The lowest BCUT2D eigenvalue weighted by Gasteiger charge is -2.16. The van der Waals surface area contributed by atoms with Gasteiger partial charge in [-0.15, -0.1) is 0 Å². The molecule has 2 aromatic carbocycles. The SMILES string of the molecule is NNC(=O)C1CC(c2ccccc2OCCc2ccccc2)NN1. The molecule has 3 rings (SSSR count). The molecular weight excluding hydrogens is 304 g/mol. The monoisotopic (exact) mass is 326 g/mol. The highest BCUT2D eigenvalue weighted by atomic mass is 16.5. The maximum atomic E-state index is 11.6. The number of carbonyl (C=O) groups is 1. The third-order valence-corrected chi connectivity index (χ3v) is 4.15. The molecule has 24 heavy (non-hydrogen) atoms. The zero-order valence-corrected chi connectivity index (χ0v) is 13.4. The lowest BCUT2D eigenvalue weighted by atomic mass is 10.0. The van der Waals surface area contributed by atoms with Crippen LogP contribution < -0.4 is 26.9 Å². The number of nitrogens with one attached hydrogen (secondary N) is 3. The average molecular weight is 326 g/mol. The second-order valence-electron chi connectivity index (χ2n) is 5.76. The molecule has 1 amide bonds. The van der Waals surface area contributed by atoms with Crippen LogP contribution in [-0.2, 0) is 11.2 Å². The van der Waals surface area contributed by atoms with Crippen LogP contribution in [0.25, 0.3) is 0 Å². The Hall–Kier alpha value is -2.41. The van der Waals surface area contributed by atoms with E-state index in [1.807, 2.05) is 42.5 Å². The Bertz CT molecular complexity index is 678. The van der Waals surface area contributed by atoms with Crippen molar-refractivity contribution in [3.05, 3.63) is 65.7 Å². The second kappa shape index (κ2) is 7.92. The van der Waals surface area contributed by atoms with E-state index in [1.54, 1.807) is 0 Å². The van der Waals surface area contributed by atoms with Gasteiger partial charge in [-0.3, -0.25) is 10.2 Å². The fourth-order valence-electron chi connectivity index (χ4n) is 2.86. The van der Waals surface area contributed by atoms with E-state index in [-0.39, 0.29) is 18.0 Å². The van der Waals surface area contributed by atoms with Gasteiger partial charge < -0.3 is 4.74 Å². The van der Waals surface area contributed by atoms with Crippen LogP contribution in [0.2, 0.25) is 0 Å². The molecule has 126 valence electrons. The molecule has 1 saturated heterocycles. The van der Waals surface area contributed by atoms with Gasteiger partial charge in [-0.1, -0.05) is 48.5 Å². The minimum atomic E-state index is -0.350. The Labute approximate surface area is 141 Å². The van der Waals surface area contributed by atoms with Crippen LogP contribution in [0.3, 0.4) is 0 Å². The highest BCUT2D eigenvalue weighted by molar-refractivity contribution is 5.81. The number of hydrogen-bond donors (Lipinski definition) is 4. The molecule has 5 N–H and O–H groups in total. The first-order chi connectivity index (χ1) is 11.8. The van der Waals surface area contributed by atoms with E-state index >= 15 is 0 Å². The molecule has 1 aliphatic heterocycles. The Kier molecular flexibility index (Phi) is 5.43. The van der Waals surface area contributed by atoms with Crippen molar-refractivity contribution in [2.75, 3.05) is 6.61 Å². The zero-order chi connectivity index (χ0) is 16.8. The van der Waals surface area contributed by atoms with Gasteiger partial charge >= 0.3 is 0 Å². The van der Waals surface area contributed by atoms with Gasteiger partial charge in [-0.25, -0.2) is 16.7 Å². The van der Waals surface area contributed by atoms with Gasteiger partial charge in [-0.2, -0.15) is 0 Å². The fourth-order valence-corrected chi connectivity index (χ4v) is 2.86. The molecular formula is C18H22N4O2. The van der Waals surface area contributed by atoms with E-state index < -0.39 is 0 Å². The summed E-state index contributed by atoms with van der Waals surface area (Å²) >= 11 is 0. The van der Waals surface area contributed by atoms with E-state index in [1.165, 1.54) is 5.56 Å². The molecule has 0 saturated carbocycles. The number of carbonyl (C=O) groups excluding carboxylic acids is 1. The van der Waals surface area contributed by atoms with Crippen molar-refractivity contribution in [3.8, 4) is 5.75 Å². The third-order valence-electron chi connectivity index (χ3n) is 4.15. The molecule has 0 bridgehead atoms. The number of ether oxygens (including phenoxy) is 1. The van der Waals surface area contributed by atoms with Gasteiger partial charge in [0.1, 0.15) is 11.8 Å². The molecule has 2 unspecified atom stereocenters. The molecule has 0 aliphatic carbocycles. The summed E-state index contributed by atoms with van der Waals surface area (Å²) in [7, 11) is 0. The number of hydrogen-bond acceptors (Lipinski definition) is 5. The molecule has 2 aromatic rings. The average Bonchev–Trinajstić information content (AvgIpc) is 3.12. The maximum absolute atomic E-state index is 11.6. The third kappa shape index (κ3) is 3.91. The number of para-hydroxylation sites is 1. The molecule has 0 spiro atoms. The number of benzene rings is 2. The highest BCUT2D eigenvalue weighted by Crippen LogP contribution is 2.30. The van der Waals surface area contributed by atoms with Gasteiger partial charge in [0.05, 0.1) is 12.6 Å². The minimum Gasteiger partial charge on any atom is -0.493 e. The number of amides is 1. The van der Waals surface area contributed by atoms with Crippen LogP contribution in [0, 0.1) is 0 Å². The summed E-state index contributed by atoms with van der Waals surface area (Å²) in [6.07, 6.45) is 1.46. The molecule has 6 heteroatoms. The minimum absolute atomic E-state index is 0.000209. The second-order valence-corrected chi connectivity index (χ2v) is 5.76. The van der Waals surface area contributed by atoms with Crippen molar-refractivity contribution in [1.82, 2.24) is 16.3 Å². The molecule has 1 aliphatic rings. The van der Waals surface area contributed by atoms with Gasteiger partial charge in [-0.05, 0) is 18.1 Å². The lowest BCUT2D eigenvalue weighted by Crippen LogP contribution is -2.45. The van der Waals surface area contributed by atoms with Gasteiger partial charge in [0.15, 0.2) is 0 Å². The van der Waals surface area contributed by atoms with Crippen molar-refractivity contribution < 1.29 is 9.53 Å². The quantitative estimate of drug-likeness (QED) is 0.364. The van der Waals surface area contributed by atoms with Crippen molar-refractivity contribution in [2.24, 2.45) is 5.84 Å².